The Hall–Kier alpha value is -0.610. The second-order valence-electron chi connectivity index (χ2n) is 5.06. The van der Waals surface area contributed by atoms with E-state index in [1.165, 1.54) is 56.3 Å². The number of thiocarbonyl (C=S) groups is 1. The van der Waals surface area contributed by atoms with Crippen LogP contribution in [0.5, 0.6) is 0 Å². The van der Waals surface area contributed by atoms with Gasteiger partial charge in [0.15, 0.2) is 0 Å². The Kier molecular flexibility index (Phi) is 9.67. The van der Waals surface area contributed by atoms with E-state index in [2.05, 4.69) is 11.9 Å². The first kappa shape index (κ1) is 17.4. The summed E-state index contributed by atoms with van der Waals surface area (Å²) in [5, 5.41) is 0. The Balaban J connectivity index is 2.06. The summed E-state index contributed by atoms with van der Waals surface area (Å²) in [5.41, 5.74) is 6.31. The Morgan fingerprint density at radius 3 is 2.45 bits per heavy atom. The molecule has 0 amide bonds. The van der Waals surface area contributed by atoms with Crippen molar-refractivity contribution in [2.75, 3.05) is 5.75 Å². The van der Waals surface area contributed by atoms with Gasteiger partial charge in [0.2, 0.25) is 0 Å². The molecule has 1 aromatic heterocycles. The van der Waals surface area contributed by atoms with Crippen LogP contribution >= 0.6 is 24.0 Å². The van der Waals surface area contributed by atoms with Crippen molar-refractivity contribution >= 4 is 29.0 Å². The summed E-state index contributed by atoms with van der Waals surface area (Å²) in [5.74, 6) is 1.16. The molecule has 0 unspecified atom stereocenters. The fraction of sp³-hybridized carbons (Fsp3) is 0.625. The topological polar surface area (TPSA) is 38.9 Å². The number of hydrogen-bond acceptors (Lipinski definition) is 3. The fourth-order valence-electron chi connectivity index (χ4n) is 2.06. The molecule has 0 aliphatic heterocycles. The van der Waals surface area contributed by atoms with E-state index in [0.29, 0.717) is 4.99 Å². The van der Waals surface area contributed by atoms with E-state index >= 15 is 0 Å². The van der Waals surface area contributed by atoms with Gasteiger partial charge in [-0.2, -0.15) is 0 Å². The highest BCUT2D eigenvalue weighted by atomic mass is 32.2. The third-order valence-corrected chi connectivity index (χ3v) is 4.54. The number of pyridine rings is 1. The monoisotopic (exact) mass is 310 g/mol. The first-order valence-corrected chi connectivity index (χ1v) is 9.02. The summed E-state index contributed by atoms with van der Waals surface area (Å²) in [6.07, 6.45) is 12.7. The number of aromatic nitrogens is 1. The van der Waals surface area contributed by atoms with E-state index < -0.39 is 0 Å². The molecule has 1 aromatic rings. The highest BCUT2D eigenvalue weighted by Gasteiger charge is 2.00. The van der Waals surface area contributed by atoms with E-state index in [1.54, 1.807) is 6.20 Å². The maximum absolute atomic E-state index is 5.59. The lowest BCUT2D eigenvalue weighted by atomic mass is 10.1. The molecule has 0 radical (unpaired) electrons. The minimum absolute atomic E-state index is 0.375. The average Bonchev–Trinajstić information content (AvgIpc) is 2.46. The van der Waals surface area contributed by atoms with Crippen molar-refractivity contribution < 1.29 is 0 Å². The standard InChI is InChI=1S/C16H26N2S2/c1-2-3-4-5-6-7-8-9-12-20-14-10-11-18-15(13-14)16(17)19/h10-11,13H,2-9,12H2,1H3,(H2,17,19). The lowest BCUT2D eigenvalue weighted by Gasteiger charge is -2.04. The minimum Gasteiger partial charge on any atom is -0.388 e. The molecular weight excluding hydrogens is 284 g/mol. The van der Waals surface area contributed by atoms with Crippen molar-refractivity contribution in [3.05, 3.63) is 24.0 Å². The molecule has 0 aromatic carbocycles. The molecule has 112 valence electrons. The molecule has 0 bridgehead atoms. The highest BCUT2D eigenvalue weighted by molar-refractivity contribution is 7.99. The van der Waals surface area contributed by atoms with Crippen molar-refractivity contribution in [3.63, 3.8) is 0 Å². The molecule has 0 atom stereocenters. The minimum atomic E-state index is 0.375. The molecule has 0 aliphatic rings. The predicted octanol–water partition coefficient (Wildman–Crippen LogP) is 4.95. The number of unbranched alkanes of at least 4 members (excludes halogenated alkanes) is 7. The van der Waals surface area contributed by atoms with Crippen LogP contribution in [0.2, 0.25) is 0 Å². The van der Waals surface area contributed by atoms with Gasteiger partial charge < -0.3 is 5.73 Å². The van der Waals surface area contributed by atoms with Gasteiger partial charge in [-0.25, -0.2) is 0 Å². The predicted molar refractivity (Wildman–Crippen MR) is 93.5 cm³/mol. The molecule has 2 N–H and O–H groups in total. The van der Waals surface area contributed by atoms with Gasteiger partial charge in [0, 0.05) is 11.1 Å². The SMILES string of the molecule is CCCCCCCCCCSc1ccnc(C(N)=S)c1. The van der Waals surface area contributed by atoms with Crippen molar-refractivity contribution in [2.45, 2.75) is 63.2 Å². The van der Waals surface area contributed by atoms with Crippen LogP contribution in [0, 0.1) is 0 Å². The van der Waals surface area contributed by atoms with E-state index in [4.69, 9.17) is 18.0 Å². The average molecular weight is 311 g/mol. The van der Waals surface area contributed by atoms with Gasteiger partial charge in [-0.1, -0.05) is 64.1 Å². The number of hydrogen-bond donors (Lipinski definition) is 1. The van der Waals surface area contributed by atoms with Crippen LogP contribution in [-0.2, 0) is 0 Å². The van der Waals surface area contributed by atoms with Gasteiger partial charge in [0.1, 0.15) is 4.99 Å². The van der Waals surface area contributed by atoms with Crippen LogP contribution in [-0.4, -0.2) is 15.7 Å². The number of rotatable bonds is 11. The van der Waals surface area contributed by atoms with E-state index in [0.717, 1.165) is 11.4 Å². The number of nitrogens with two attached hydrogens (primary N) is 1. The van der Waals surface area contributed by atoms with Crippen LogP contribution in [0.3, 0.4) is 0 Å². The Morgan fingerprint density at radius 2 is 1.80 bits per heavy atom. The zero-order valence-corrected chi connectivity index (χ0v) is 14.1. The molecule has 4 heteroatoms. The van der Waals surface area contributed by atoms with Crippen molar-refractivity contribution in [2.24, 2.45) is 5.73 Å². The van der Waals surface area contributed by atoms with Gasteiger partial charge in [-0.3, -0.25) is 4.98 Å². The first-order chi connectivity index (χ1) is 9.74. The summed E-state index contributed by atoms with van der Waals surface area (Å²) in [4.78, 5) is 5.74. The highest BCUT2D eigenvalue weighted by Crippen LogP contribution is 2.20. The Morgan fingerprint density at radius 1 is 1.15 bits per heavy atom. The van der Waals surface area contributed by atoms with Crippen molar-refractivity contribution in [1.29, 1.82) is 0 Å². The van der Waals surface area contributed by atoms with E-state index in [9.17, 15) is 0 Å². The van der Waals surface area contributed by atoms with Crippen molar-refractivity contribution in [3.8, 4) is 0 Å². The zero-order valence-electron chi connectivity index (χ0n) is 12.4. The smallest absolute Gasteiger partial charge is 0.122 e. The normalized spacial score (nSPS) is 10.7. The second-order valence-corrected chi connectivity index (χ2v) is 6.67. The first-order valence-electron chi connectivity index (χ1n) is 7.62. The summed E-state index contributed by atoms with van der Waals surface area (Å²) < 4.78 is 0. The molecule has 0 spiro atoms. The largest absolute Gasteiger partial charge is 0.388 e. The summed E-state index contributed by atoms with van der Waals surface area (Å²) in [6.45, 7) is 2.26. The Labute approximate surface area is 132 Å². The van der Waals surface area contributed by atoms with Gasteiger partial charge in [0.05, 0.1) is 5.69 Å². The molecule has 1 heterocycles. The van der Waals surface area contributed by atoms with E-state index in [1.807, 2.05) is 23.9 Å². The molecule has 20 heavy (non-hydrogen) atoms. The molecular formula is C16H26N2S2. The maximum Gasteiger partial charge on any atom is 0.122 e. The third kappa shape index (κ3) is 7.85. The molecule has 0 aliphatic carbocycles. The molecule has 0 fully saturated rings. The maximum atomic E-state index is 5.59. The van der Waals surface area contributed by atoms with E-state index in [-0.39, 0.29) is 0 Å². The van der Waals surface area contributed by atoms with Crippen LogP contribution in [0.1, 0.15) is 64.0 Å². The van der Waals surface area contributed by atoms with Crippen LogP contribution < -0.4 is 5.73 Å². The van der Waals surface area contributed by atoms with Crippen molar-refractivity contribution in [1.82, 2.24) is 4.98 Å². The summed E-state index contributed by atoms with van der Waals surface area (Å²) >= 11 is 6.81. The lowest BCUT2D eigenvalue weighted by molar-refractivity contribution is 0.586. The van der Waals surface area contributed by atoms with Crippen LogP contribution in [0.25, 0.3) is 0 Å². The van der Waals surface area contributed by atoms with Gasteiger partial charge in [-0.05, 0) is 24.3 Å². The van der Waals surface area contributed by atoms with Crippen LogP contribution in [0.4, 0.5) is 0 Å². The Bertz CT molecular complexity index is 394. The third-order valence-electron chi connectivity index (χ3n) is 3.25. The van der Waals surface area contributed by atoms with Gasteiger partial charge in [-0.15, -0.1) is 11.8 Å². The molecule has 0 saturated heterocycles. The summed E-state index contributed by atoms with van der Waals surface area (Å²) in [7, 11) is 0. The summed E-state index contributed by atoms with van der Waals surface area (Å²) in [6, 6.07) is 4.01. The van der Waals surface area contributed by atoms with Crippen LogP contribution in [0.15, 0.2) is 23.2 Å². The zero-order chi connectivity index (χ0) is 14.6. The fourth-order valence-corrected chi connectivity index (χ4v) is 3.11. The molecule has 1 rings (SSSR count). The van der Waals surface area contributed by atoms with Gasteiger partial charge >= 0.3 is 0 Å². The quantitative estimate of drug-likeness (QED) is 0.356. The second kappa shape index (κ2) is 11.1. The molecule has 0 saturated carbocycles. The van der Waals surface area contributed by atoms with Gasteiger partial charge in [0.25, 0.3) is 0 Å². The lowest BCUT2D eigenvalue weighted by Crippen LogP contribution is -2.11. The number of thioether (sulfide) groups is 1. The number of nitrogens with zero attached hydrogens (tertiary/aromatic N) is 1. The molecule has 2 nitrogen and oxygen atoms in total.